The van der Waals surface area contributed by atoms with Gasteiger partial charge < -0.3 is 9.14 Å². The number of aromatic nitrogens is 2. The molecule has 0 saturated heterocycles. The lowest BCUT2D eigenvalue weighted by molar-refractivity contribution is 0.250. The van der Waals surface area contributed by atoms with Crippen molar-refractivity contribution in [2.24, 2.45) is 5.41 Å². The van der Waals surface area contributed by atoms with Crippen LogP contribution >= 0.6 is 0 Å². The van der Waals surface area contributed by atoms with E-state index in [0.29, 0.717) is 5.41 Å². The van der Waals surface area contributed by atoms with Gasteiger partial charge in [0.15, 0.2) is 11.4 Å². The van der Waals surface area contributed by atoms with E-state index < -0.39 is 0 Å². The Labute approximate surface area is 113 Å². The highest BCUT2D eigenvalue weighted by Gasteiger charge is 2.38. The van der Waals surface area contributed by atoms with Gasteiger partial charge in [0.25, 0.3) is 0 Å². The van der Waals surface area contributed by atoms with Crippen molar-refractivity contribution in [2.45, 2.75) is 44.9 Å². The summed E-state index contributed by atoms with van der Waals surface area (Å²) in [7, 11) is 1.72. The van der Waals surface area contributed by atoms with Crippen LogP contribution in [0.5, 0.6) is 5.75 Å². The molecule has 2 aliphatic rings. The molecule has 2 heterocycles. The maximum absolute atomic E-state index is 5.44. The molecule has 0 aliphatic heterocycles. The van der Waals surface area contributed by atoms with Gasteiger partial charge in [0.1, 0.15) is 0 Å². The summed E-state index contributed by atoms with van der Waals surface area (Å²) in [5, 5.41) is 0. The molecule has 4 rings (SSSR count). The first kappa shape index (κ1) is 11.3. The van der Waals surface area contributed by atoms with Crippen molar-refractivity contribution in [1.29, 1.82) is 0 Å². The molecule has 2 aliphatic carbocycles. The van der Waals surface area contributed by atoms with Crippen molar-refractivity contribution in [2.75, 3.05) is 7.11 Å². The van der Waals surface area contributed by atoms with Crippen molar-refractivity contribution in [3.8, 4) is 5.75 Å². The first-order chi connectivity index (χ1) is 9.31. The monoisotopic (exact) mass is 256 g/mol. The summed E-state index contributed by atoms with van der Waals surface area (Å²) in [6.07, 6.45) is 11.4. The quantitative estimate of drug-likeness (QED) is 0.782. The number of methoxy groups -OCH3 is 1. The number of hydrogen-bond acceptors (Lipinski definition) is 2. The molecule has 3 heteroatoms. The van der Waals surface area contributed by atoms with Crippen LogP contribution in [0, 0.1) is 5.41 Å². The third kappa shape index (κ3) is 1.60. The van der Waals surface area contributed by atoms with Crippen LogP contribution in [0.25, 0.3) is 5.65 Å². The van der Waals surface area contributed by atoms with Gasteiger partial charge in [-0.2, -0.15) is 0 Å². The number of ether oxygens (including phenoxy) is 1. The molecule has 0 aromatic carbocycles. The van der Waals surface area contributed by atoms with E-state index in [-0.39, 0.29) is 0 Å². The summed E-state index contributed by atoms with van der Waals surface area (Å²) in [4.78, 5) is 4.82. The van der Waals surface area contributed by atoms with Crippen LogP contribution in [0.3, 0.4) is 0 Å². The van der Waals surface area contributed by atoms with Crippen molar-refractivity contribution >= 4 is 5.65 Å². The molecule has 0 unspecified atom stereocenters. The normalized spacial score (nSPS) is 20.9. The van der Waals surface area contributed by atoms with E-state index in [1.54, 1.807) is 7.11 Å². The summed E-state index contributed by atoms with van der Waals surface area (Å²) in [6, 6.07) is 4.06. The smallest absolute Gasteiger partial charge is 0.180 e. The third-order valence-corrected chi connectivity index (χ3v) is 5.11. The van der Waals surface area contributed by atoms with E-state index in [1.807, 2.05) is 6.07 Å². The van der Waals surface area contributed by atoms with Crippen molar-refractivity contribution < 1.29 is 4.74 Å². The number of fused-ring (bicyclic) bond motifs is 3. The molecule has 0 radical (unpaired) electrons. The molecule has 0 N–H and O–H groups in total. The number of nitrogens with zero attached hydrogens (tertiary/aromatic N) is 2. The lowest BCUT2D eigenvalue weighted by Crippen LogP contribution is -2.26. The Balaban J connectivity index is 1.85. The molecule has 19 heavy (non-hydrogen) atoms. The number of aryl methyl sites for hydroxylation is 1. The molecular formula is C16H20N2O. The lowest BCUT2D eigenvalue weighted by atomic mass is 9.73. The van der Waals surface area contributed by atoms with E-state index >= 15 is 0 Å². The van der Waals surface area contributed by atoms with Gasteiger partial charge in [-0.15, -0.1) is 0 Å². The zero-order chi connectivity index (χ0) is 12.9. The fourth-order valence-corrected chi connectivity index (χ4v) is 4.06. The summed E-state index contributed by atoms with van der Waals surface area (Å²) in [5.74, 6) is 0.886. The predicted octanol–water partition coefficient (Wildman–Crippen LogP) is 3.39. The van der Waals surface area contributed by atoms with Crippen LogP contribution in [-0.4, -0.2) is 16.5 Å². The first-order valence-electron chi connectivity index (χ1n) is 7.34. The molecule has 1 fully saturated rings. The van der Waals surface area contributed by atoms with Crippen molar-refractivity contribution in [3.05, 3.63) is 29.7 Å². The predicted molar refractivity (Wildman–Crippen MR) is 74.7 cm³/mol. The molecule has 0 bridgehead atoms. The first-order valence-corrected chi connectivity index (χ1v) is 7.34. The highest BCUT2D eigenvalue weighted by molar-refractivity contribution is 5.56. The largest absolute Gasteiger partial charge is 0.493 e. The maximum atomic E-state index is 5.44. The molecule has 100 valence electrons. The molecule has 0 amide bonds. The number of imidazole rings is 1. The Kier molecular flexibility index (Phi) is 2.38. The zero-order valence-electron chi connectivity index (χ0n) is 11.5. The van der Waals surface area contributed by atoms with Gasteiger partial charge in [-0.1, -0.05) is 12.8 Å². The highest BCUT2D eigenvalue weighted by atomic mass is 16.5. The van der Waals surface area contributed by atoms with Gasteiger partial charge in [0.2, 0.25) is 0 Å². The van der Waals surface area contributed by atoms with Gasteiger partial charge in [-0.05, 0) is 49.7 Å². The second-order valence-corrected chi connectivity index (χ2v) is 6.16. The minimum atomic E-state index is 0.575. The topological polar surface area (TPSA) is 26.5 Å². The Hall–Kier alpha value is -1.51. The average Bonchev–Trinajstić information content (AvgIpc) is 3.04. The second kappa shape index (κ2) is 3.99. The summed E-state index contributed by atoms with van der Waals surface area (Å²) < 4.78 is 7.70. The molecule has 3 nitrogen and oxygen atoms in total. The number of hydrogen-bond donors (Lipinski definition) is 0. The summed E-state index contributed by atoms with van der Waals surface area (Å²) >= 11 is 0. The molecule has 2 aromatic heterocycles. The van der Waals surface area contributed by atoms with Crippen LogP contribution < -0.4 is 4.74 Å². The van der Waals surface area contributed by atoms with E-state index in [0.717, 1.165) is 17.8 Å². The summed E-state index contributed by atoms with van der Waals surface area (Å²) in [5.41, 5.74) is 4.29. The van der Waals surface area contributed by atoms with E-state index in [9.17, 15) is 0 Å². The zero-order valence-corrected chi connectivity index (χ0v) is 11.5. The van der Waals surface area contributed by atoms with Crippen molar-refractivity contribution in [3.63, 3.8) is 0 Å². The standard InChI is InChI=1S/C16H20N2O/c1-19-14-5-4-10-18-13-11-16(7-2-3-8-16)9-6-12(13)17-15(14)18/h4-5,10H,2-3,6-9,11H2,1H3. The van der Waals surface area contributed by atoms with Crippen LogP contribution in [0.1, 0.15) is 43.5 Å². The number of rotatable bonds is 1. The van der Waals surface area contributed by atoms with Crippen LogP contribution in [0.4, 0.5) is 0 Å². The van der Waals surface area contributed by atoms with Gasteiger partial charge >= 0.3 is 0 Å². The van der Waals surface area contributed by atoms with Gasteiger partial charge in [-0.25, -0.2) is 4.98 Å². The van der Waals surface area contributed by atoms with E-state index in [2.05, 4.69) is 16.7 Å². The van der Waals surface area contributed by atoms with Gasteiger partial charge in [0, 0.05) is 11.9 Å². The minimum Gasteiger partial charge on any atom is -0.493 e. The summed E-state index contributed by atoms with van der Waals surface area (Å²) in [6.45, 7) is 0. The molecule has 1 saturated carbocycles. The van der Waals surface area contributed by atoms with Gasteiger partial charge in [-0.3, -0.25) is 0 Å². The molecule has 0 atom stereocenters. The SMILES string of the molecule is COc1cccn2c3c(nc12)CCC1(CCCC1)C3. The second-order valence-electron chi connectivity index (χ2n) is 6.16. The molecule has 1 spiro atoms. The maximum Gasteiger partial charge on any atom is 0.180 e. The Morgan fingerprint density at radius 2 is 2.11 bits per heavy atom. The van der Waals surface area contributed by atoms with Crippen molar-refractivity contribution in [1.82, 2.24) is 9.38 Å². The van der Waals surface area contributed by atoms with Crippen LogP contribution in [-0.2, 0) is 12.8 Å². The Morgan fingerprint density at radius 1 is 1.26 bits per heavy atom. The van der Waals surface area contributed by atoms with E-state index in [1.165, 1.54) is 49.9 Å². The van der Waals surface area contributed by atoms with E-state index in [4.69, 9.17) is 9.72 Å². The Morgan fingerprint density at radius 3 is 2.89 bits per heavy atom. The minimum absolute atomic E-state index is 0.575. The van der Waals surface area contributed by atoms with Crippen LogP contribution in [0.2, 0.25) is 0 Å². The third-order valence-electron chi connectivity index (χ3n) is 5.11. The highest BCUT2D eigenvalue weighted by Crippen LogP contribution is 2.47. The van der Waals surface area contributed by atoms with Gasteiger partial charge in [0.05, 0.1) is 12.8 Å². The number of pyridine rings is 1. The fraction of sp³-hybridized carbons (Fsp3) is 0.562. The van der Waals surface area contributed by atoms with Crippen LogP contribution in [0.15, 0.2) is 18.3 Å². The molecule has 2 aromatic rings. The average molecular weight is 256 g/mol. The fourth-order valence-electron chi connectivity index (χ4n) is 4.06. The Bertz CT molecular complexity index is 623. The molecular weight excluding hydrogens is 236 g/mol. The lowest BCUT2D eigenvalue weighted by Gasteiger charge is -2.32.